The molecular formula is C23H19ClN2O4. The number of carbonyl (C=O) groups is 2. The van der Waals surface area contributed by atoms with Crippen molar-refractivity contribution in [2.24, 2.45) is 0 Å². The Labute approximate surface area is 179 Å². The molecule has 30 heavy (non-hydrogen) atoms. The second-order valence-electron chi connectivity index (χ2n) is 6.75. The van der Waals surface area contributed by atoms with Crippen LogP contribution in [0.3, 0.4) is 0 Å². The summed E-state index contributed by atoms with van der Waals surface area (Å²) in [6, 6.07) is 21.3. The third-order valence-corrected chi connectivity index (χ3v) is 4.85. The van der Waals surface area contributed by atoms with Crippen molar-refractivity contribution in [2.45, 2.75) is 13.0 Å². The Morgan fingerprint density at radius 3 is 2.57 bits per heavy atom. The monoisotopic (exact) mass is 422 g/mol. The molecule has 152 valence electrons. The van der Waals surface area contributed by atoms with Crippen LogP contribution in [0, 0.1) is 0 Å². The molecule has 6 nitrogen and oxygen atoms in total. The first-order valence-corrected chi connectivity index (χ1v) is 9.76. The lowest BCUT2D eigenvalue weighted by Gasteiger charge is -2.33. The van der Waals surface area contributed by atoms with Crippen molar-refractivity contribution in [3.8, 4) is 17.2 Å². The van der Waals surface area contributed by atoms with Crippen LogP contribution in [0.15, 0.2) is 72.8 Å². The van der Waals surface area contributed by atoms with Crippen molar-refractivity contribution in [3.05, 3.63) is 77.8 Å². The number of fused-ring (bicyclic) bond motifs is 1. The number of nitrogens with zero attached hydrogens (tertiary/aromatic N) is 1. The average Bonchev–Trinajstić information content (AvgIpc) is 2.75. The minimum Gasteiger partial charge on any atom is -0.476 e. The fourth-order valence-electron chi connectivity index (χ4n) is 3.19. The minimum atomic E-state index is -0.882. The molecule has 4 rings (SSSR count). The van der Waals surface area contributed by atoms with Gasteiger partial charge in [-0.2, -0.15) is 0 Å². The molecule has 1 aliphatic heterocycles. The van der Waals surface area contributed by atoms with E-state index in [1.165, 1.54) is 11.8 Å². The van der Waals surface area contributed by atoms with Crippen molar-refractivity contribution in [1.82, 2.24) is 0 Å². The molecule has 0 bridgehead atoms. The largest absolute Gasteiger partial charge is 0.476 e. The van der Waals surface area contributed by atoms with Crippen molar-refractivity contribution in [1.29, 1.82) is 0 Å². The Kier molecular flexibility index (Phi) is 5.59. The van der Waals surface area contributed by atoms with E-state index in [1.54, 1.807) is 36.4 Å². The molecule has 7 heteroatoms. The molecule has 0 spiro atoms. The predicted octanol–water partition coefficient (Wildman–Crippen LogP) is 4.88. The number of ether oxygens (including phenoxy) is 2. The zero-order valence-corrected chi connectivity index (χ0v) is 16.9. The normalized spacial score (nSPS) is 15.0. The Balaban J connectivity index is 1.57. The van der Waals surface area contributed by atoms with E-state index in [9.17, 15) is 9.59 Å². The van der Waals surface area contributed by atoms with Gasteiger partial charge in [-0.3, -0.25) is 9.59 Å². The highest BCUT2D eigenvalue weighted by Crippen LogP contribution is 2.35. The quantitative estimate of drug-likeness (QED) is 0.650. The number of anilines is 2. The molecule has 3 aromatic carbocycles. The van der Waals surface area contributed by atoms with Gasteiger partial charge in [-0.15, -0.1) is 0 Å². The number of amides is 2. The molecule has 0 aromatic heterocycles. The maximum atomic E-state index is 13.0. The molecule has 3 aromatic rings. The number of para-hydroxylation sites is 3. The first-order chi connectivity index (χ1) is 14.5. The SMILES string of the molecule is CC(=O)N1C[C@@H](C(=O)Nc2cc(Cl)ccc2Oc2ccccc2)Oc2ccccc21. The minimum absolute atomic E-state index is 0.105. The van der Waals surface area contributed by atoms with Crippen LogP contribution in [0.25, 0.3) is 0 Å². The molecule has 1 atom stereocenters. The van der Waals surface area contributed by atoms with Crippen molar-refractivity contribution in [3.63, 3.8) is 0 Å². The Morgan fingerprint density at radius 1 is 1.07 bits per heavy atom. The number of hydrogen-bond donors (Lipinski definition) is 1. The van der Waals surface area contributed by atoms with Crippen LogP contribution in [0.1, 0.15) is 6.92 Å². The van der Waals surface area contributed by atoms with Crippen LogP contribution in [0.5, 0.6) is 17.2 Å². The van der Waals surface area contributed by atoms with Crippen molar-refractivity contribution in [2.75, 3.05) is 16.8 Å². The maximum Gasteiger partial charge on any atom is 0.267 e. The molecule has 0 saturated carbocycles. The van der Waals surface area contributed by atoms with Gasteiger partial charge >= 0.3 is 0 Å². The molecular weight excluding hydrogens is 404 g/mol. The predicted molar refractivity (Wildman–Crippen MR) is 115 cm³/mol. The lowest BCUT2D eigenvalue weighted by atomic mass is 10.1. The first-order valence-electron chi connectivity index (χ1n) is 9.38. The van der Waals surface area contributed by atoms with E-state index in [0.29, 0.717) is 33.6 Å². The highest BCUT2D eigenvalue weighted by molar-refractivity contribution is 6.31. The van der Waals surface area contributed by atoms with Crippen molar-refractivity contribution >= 4 is 34.8 Å². The first kappa shape index (κ1) is 19.8. The summed E-state index contributed by atoms with van der Waals surface area (Å²) in [4.78, 5) is 26.6. The van der Waals surface area contributed by atoms with Gasteiger partial charge in [0, 0.05) is 11.9 Å². The molecule has 1 N–H and O–H groups in total. The molecule has 1 heterocycles. The summed E-state index contributed by atoms with van der Waals surface area (Å²) in [6.45, 7) is 1.56. The Bertz CT molecular complexity index is 1090. The van der Waals surface area contributed by atoms with Crippen molar-refractivity contribution < 1.29 is 19.1 Å². The molecule has 2 amide bonds. The third-order valence-electron chi connectivity index (χ3n) is 4.62. The zero-order chi connectivity index (χ0) is 21.1. The number of carbonyl (C=O) groups excluding carboxylic acids is 2. The van der Waals surface area contributed by atoms with E-state index in [2.05, 4.69) is 5.32 Å². The van der Waals surface area contributed by atoms with Crippen LogP contribution in [-0.4, -0.2) is 24.5 Å². The lowest BCUT2D eigenvalue weighted by molar-refractivity contribution is -0.123. The Morgan fingerprint density at radius 2 is 1.80 bits per heavy atom. The standard InChI is InChI=1S/C23H19ClN2O4/c1-15(27)26-14-22(30-21-10-6-5-9-19(21)26)23(28)25-18-13-16(24)11-12-20(18)29-17-7-3-2-4-8-17/h2-13,22H,14H2,1H3,(H,25,28)/t22-/m0/s1. The summed E-state index contributed by atoms with van der Waals surface area (Å²) in [7, 11) is 0. The highest BCUT2D eigenvalue weighted by atomic mass is 35.5. The van der Waals surface area contributed by atoms with Crippen LogP contribution < -0.4 is 19.7 Å². The number of nitrogens with one attached hydrogen (secondary N) is 1. The lowest BCUT2D eigenvalue weighted by Crippen LogP contribution is -2.48. The fourth-order valence-corrected chi connectivity index (χ4v) is 3.36. The molecule has 1 aliphatic rings. The van der Waals surface area contributed by atoms with E-state index < -0.39 is 12.0 Å². The van der Waals surface area contributed by atoms with Gasteiger partial charge in [0.25, 0.3) is 5.91 Å². The molecule has 0 unspecified atom stereocenters. The molecule has 0 saturated heterocycles. The van der Waals surface area contributed by atoms with Gasteiger partial charge in [-0.25, -0.2) is 0 Å². The topological polar surface area (TPSA) is 67.9 Å². The van der Waals surface area contributed by atoms with Gasteiger partial charge in [0.15, 0.2) is 11.9 Å². The number of benzene rings is 3. The average molecular weight is 423 g/mol. The summed E-state index contributed by atoms with van der Waals surface area (Å²) < 4.78 is 11.7. The summed E-state index contributed by atoms with van der Waals surface area (Å²) in [5.74, 6) is 0.973. The van der Waals surface area contributed by atoms with E-state index in [4.69, 9.17) is 21.1 Å². The van der Waals surface area contributed by atoms with Crippen LogP contribution in [0.4, 0.5) is 11.4 Å². The van der Waals surface area contributed by atoms with E-state index in [0.717, 1.165) is 0 Å². The van der Waals surface area contributed by atoms with E-state index >= 15 is 0 Å². The summed E-state index contributed by atoms with van der Waals surface area (Å²) in [6.07, 6.45) is -0.882. The van der Waals surface area contributed by atoms with E-state index in [1.807, 2.05) is 36.4 Å². The van der Waals surface area contributed by atoms with E-state index in [-0.39, 0.29) is 12.5 Å². The Hall–Kier alpha value is -3.51. The third kappa shape index (κ3) is 4.23. The van der Waals surface area contributed by atoms with Crippen LogP contribution >= 0.6 is 11.6 Å². The van der Waals surface area contributed by atoms with Gasteiger partial charge in [-0.1, -0.05) is 41.9 Å². The molecule has 0 radical (unpaired) electrons. The molecule has 0 aliphatic carbocycles. The fraction of sp³-hybridized carbons (Fsp3) is 0.130. The summed E-state index contributed by atoms with van der Waals surface area (Å²) in [5.41, 5.74) is 1.05. The number of hydrogen-bond acceptors (Lipinski definition) is 4. The van der Waals surface area contributed by atoms with Crippen LogP contribution in [-0.2, 0) is 9.59 Å². The second-order valence-corrected chi connectivity index (χ2v) is 7.19. The van der Waals surface area contributed by atoms with Gasteiger partial charge in [0.05, 0.1) is 17.9 Å². The second kappa shape index (κ2) is 8.47. The number of rotatable bonds is 4. The summed E-state index contributed by atoms with van der Waals surface area (Å²) in [5, 5.41) is 3.27. The van der Waals surface area contributed by atoms with Gasteiger partial charge in [-0.05, 0) is 42.5 Å². The highest BCUT2D eigenvalue weighted by Gasteiger charge is 2.32. The maximum absolute atomic E-state index is 13.0. The summed E-state index contributed by atoms with van der Waals surface area (Å²) >= 11 is 6.13. The van der Waals surface area contributed by atoms with Gasteiger partial charge in [0.1, 0.15) is 11.5 Å². The number of halogens is 1. The van der Waals surface area contributed by atoms with Gasteiger partial charge in [0.2, 0.25) is 5.91 Å². The van der Waals surface area contributed by atoms with Crippen LogP contribution in [0.2, 0.25) is 5.02 Å². The zero-order valence-electron chi connectivity index (χ0n) is 16.2. The smallest absolute Gasteiger partial charge is 0.267 e. The molecule has 0 fully saturated rings. The van der Waals surface area contributed by atoms with Gasteiger partial charge < -0.3 is 19.7 Å².